The molecule has 0 aliphatic heterocycles. The highest BCUT2D eigenvalue weighted by Gasteiger charge is 2.29. The van der Waals surface area contributed by atoms with Crippen molar-refractivity contribution in [2.75, 3.05) is 0 Å². The molecule has 3 nitrogen and oxygen atoms in total. The Hall–Kier alpha value is -0.570. The minimum Gasteiger partial charge on any atom is -0.353 e. The molecule has 0 bridgehead atoms. The average Bonchev–Trinajstić information content (AvgIpc) is 2.33. The molecule has 1 rings (SSSR count). The van der Waals surface area contributed by atoms with E-state index >= 15 is 0 Å². The van der Waals surface area contributed by atoms with E-state index in [1.54, 1.807) is 0 Å². The van der Waals surface area contributed by atoms with Gasteiger partial charge in [0, 0.05) is 18.0 Å². The van der Waals surface area contributed by atoms with Crippen LogP contribution in [0, 0.1) is 11.8 Å². The van der Waals surface area contributed by atoms with Crippen molar-refractivity contribution >= 4 is 5.91 Å². The third-order valence-electron chi connectivity index (χ3n) is 4.23. The van der Waals surface area contributed by atoms with Crippen molar-refractivity contribution in [1.82, 2.24) is 5.32 Å². The van der Waals surface area contributed by atoms with Crippen molar-refractivity contribution in [2.45, 2.75) is 84.2 Å². The predicted octanol–water partition coefficient (Wildman–Crippen LogP) is 3.23. The van der Waals surface area contributed by atoms with E-state index in [4.69, 9.17) is 5.73 Å². The largest absolute Gasteiger partial charge is 0.353 e. The molecule has 1 amide bonds. The van der Waals surface area contributed by atoms with E-state index in [0.717, 1.165) is 25.7 Å². The highest BCUT2D eigenvalue weighted by atomic mass is 16.1. The molecule has 1 aliphatic carbocycles. The fraction of sp³-hybridized carbons (Fsp3) is 0.938. The molecular formula is C16H32N2O. The maximum atomic E-state index is 12.2. The minimum absolute atomic E-state index is 0.136. The highest BCUT2D eigenvalue weighted by Crippen LogP contribution is 2.28. The number of carbonyl (C=O) groups is 1. The Morgan fingerprint density at radius 1 is 1.26 bits per heavy atom. The number of amides is 1. The van der Waals surface area contributed by atoms with Gasteiger partial charge in [0.1, 0.15) is 0 Å². The fourth-order valence-electron chi connectivity index (χ4n) is 3.18. The number of nitrogens with one attached hydrogen (secondary N) is 1. The van der Waals surface area contributed by atoms with Gasteiger partial charge in [-0.1, -0.05) is 39.5 Å². The molecule has 0 aromatic heterocycles. The molecule has 19 heavy (non-hydrogen) atoms. The van der Waals surface area contributed by atoms with Gasteiger partial charge >= 0.3 is 0 Å². The molecule has 4 unspecified atom stereocenters. The van der Waals surface area contributed by atoms with Crippen LogP contribution in [-0.2, 0) is 4.79 Å². The lowest BCUT2D eigenvalue weighted by atomic mass is 9.79. The molecule has 112 valence electrons. The third-order valence-corrected chi connectivity index (χ3v) is 4.23. The van der Waals surface area contributed by atoms with Crippen molar-refractivity contribution in [2.24, 2.45) is 17.6 Å². The van der Waals surface area contributed by atoms with E-state index in [1.165, 1.54) is 25.7 Å². The van der Waals surface area contributed by atoms with Crippen molar-refractivity contribution < 1.29 is 4.79 Å². The topological polar surface area (TPSA) is 55.1 Å². The van der Waals surface area contributed by atoms with Crippen molar-refractivity contribution in [3.05, 3.63) is 0 Å². The molecule has 0 aromatic carbocycles. The Balaban J connectivity index is 2.25. The van der Waals surface area contributed by atoms with E-state index in [-0.39, 0.29) is 17.9 Å². The second-order valence-electron chi connectivity index (χ2n) is 6.53. The summed E-state index contributed by atoms with van der Waals surface area (Å²) in [5.74, 6) is 0.946. The second kappa shape index (κ2) is 8.57. The molecule has 3 N–H and O–H groups in total. The first-order chi connectivity index (χ1) is 9.02. The van der Waals surface area contributed by atoms with Crippen molar-refractivity contribution in [3.8, 4) is 0 Å². The fourth-order valence-corrected chi connectivity index (χ4v) is 3.18. The second-order valence-corrected chi connectivity index (χ2v) is 6.53. The molecule has 0 spiro atoms. The van der Waals surface area contributed by atoms with Crippen LogP contribution in [0.1, 0.15) is 72.1 Å². The lowest BCUT2D eigenvalue weighted by Crippen LogP contribution is -2.42. The maximum absolute atomic E-state index is 12.2. The Morgan fingerprint density at radius 3 is 2.63 bits per heavy atom. The molecule has 1 aliphatic rings. The normalized spacial score (nSPS) is 28.9. The Kier molecular flexibility index (Phi) is 7.44. The number of nitrogens with two attached hydrogens (primary N) is 1. The lowest BCUT2D eigenvalue weighted by Gasteiger charge is -2.31. The summed E-state index contributed by atoms with van der Waals surface area (Å²) < 4.78 is 0. The van der Waals surface area contributed by atoms with Gasteiger partial charge < -0.3 is 11.1 Å². The van der Waals surface area contributed by atoms with Crippen molar-refractivity contribution in [3.63, 3.8) is 0 Å². The van der Waals surface area contributed by atoms with Gasteiger partial charge in [0.2, 0.25) is 5.91 Å². The maximum Gasteiger partial charge on any atom is 0.223 e. The van der Waals surface area contributed by atoms with Crippen LogP contribution >= 0.6 is 0 Å². The summed E-state index contributed by atoms with van der Waals surface area (Å²) >= 11 is 0. The Labute approximate surface area is 118 Å². The van der Waals surface area contributed by atoms with Crippen LogP contribution in [0.3, 0.4) is 0 Å². The van der Waals surface area contributed by atoms with E-state index < -0.39 is 0 Å². The third kappa shape index (κ3) is 6.42. The van der Waals surface area contributed by atoms with Gasteiger partial charge in [0.05, 0.1) is 0 Å². The van der Waals surface area contributed by atoms with Gasteiger partial charge in [0.15, 0.2) is 0 Å². The van der Waals surface area contributed by atoms with E-state index in [1.807, 2.05) is 0 Å². The SMILES string of the molecule is CCCCCCC(C)NC(=O)C1CC(C)CC(N)C1. The van der Waals surface area contributed by atoms with Gasteiger partial charge in [-0.25, -0.2) is 0 Å². The van der Waals surface area contributed by atoms with Gasteiger partial charge in [-0.2, -0.15) is 0 Å². The summed E-state index contributed by atoms with van der Waals surface area (Å²) in [6.07, 6.45) is 9.09. The van der Waals surface area contributed by atoms with Crippen LogP contribution in [0.2, 0.25) is 0 Å². The molecule has 1 saturated carbocycles. The van der Waals surface area contributed by atoms with Crippen LogP contribution in [0.4, 0.5) is 0 Å². The molecule has 3 heteroatoms. The predicted molar refractivity (Wildman–Crippen MR) is 80.8 cm³/mol. The molecule has 0 heterocycles. The first-order valence-corrected chi connectivity index (χ1v) is 8.08. The average molecular weight is 268 g/mol. The monoisotopic (exact) mass is 268 g/mol. The highest BCUT2D eigenvalue weighted by molar-refractivity contribution is 5.79. The standard InChI is InChI=1S/C16H32N2O/c1-4-5-6-7-8-13(3)18-16(19)14-9-12(2)10-15(17)11-14/h12-15H,4-11,17H2,1-3H3,(H,18,19). The molecular weight excluding hydrogens is 236 g/mol. The number of rotatable bonds is 7. The summed E-state index contributed by atoms with van der Waals surface area (Å²) in [6, 6.07) is 0.511. The van der Waals surface area contributed by atoms with Gasteiger partial charge in [-0.05, 0) is 38.5 Å². The summed E-state index contributed by atoms with van der Waals surface area (Å²) in [7, 11) is 0. The molecule has 1 fully saturated rings. The summed E-state index contributed by atoms with van der Waals surface area (Å²) in [5, 5.41) is 3.17. The first-order valence-electron chi connectivity index (χ1n) is 8.08. The zero-order chi connectivity index (χ0) is 14.3. The number of carbonyl (C=O) groups excluding carboxylic acids is 1. The summed E-state index contributed by atoms with van der Waals surface area (Å²) in [4.78, 5) is 12.2. The molecule has 0 radical (unpaired) electrons. The Morgan fingerprint density at radius 2 is 2.00 bits per heavy atom. The number of hydrogen-bond acceptors (Lipinski definition) is 2. The van der Waals surface area contributed by atoms with Gasteiger partial charge in [-0.15, -0.1) is 0 Å². The molecule has 4 atom stereocenters. The Bertz CT molecular complexity index is 257. The lowest BCUT2D eigenvalue weighted by molar-refractivity contribution is -0.127. The zero-order valence-corrected chi connectivity index (χ0v) is 13.0. The van der Waals surface area contributed by atoms with Crippen LogP contribution in [0.5, 0.6) is 0 Å². The van der Waals surface area contributed by atoms with Crippen LogP contribution in [0.15, 0.2) is 0 Å². The number of hydrogen-bond donors (Lipinski definition) is 2. The smallest absolute Gasteiger partial charge is 0.223 e. The van der Waals surface area contributed by atoms with Crippen LogP contribution in [0.25, 0.3) is 0 Å². The first kappa shape index (κ1) is 16.5. The summed E-state index contributed by atoms with van der Waals surface area (Å²) in [5.41, 5.74) is 6.02. The van der Waals surface area contributed by atoms with Crippen LogP contribution < -0.4 is 11.1 Å². The summed E-state index contributed by atoms with van der Waals surface area (Å²) in [6.45, 7) is 6.54. The van der Waals surface area contributed by atoms with Crippen LogP contribution in [-0.4, -0.2) is 18.0 Å². The molecule has 0 saturated heterocycles. The van der Waals surface area contributed by atoms with E-state index in [9.17, 15) is 4.79 Å². The van der Waals surface area contributed by atoms with Crippen molar-refractivity contribution in [1.29, 1.82) is 0 Å². The quantitative estimate of drug-likeness (QED) is 0.697. The minimum atomic E-state index is 0.136. The zero-order valence-electron chi connectivity index (χ0n) is 13.0. The van der Waals surface area contributed by atoms with E-state index in [2.05, 4.69) is 26.1 Å². The van der Waals surface area contributed by atoms with E-state index in [0.29, 0.717) is 12.0 Å². The van der Waals surface area contributed by atoms with Gasteiger partial charge in [0.25, 0.3) is 0 Å². The molecule has 0 aromatic rings. The number of unbranched alkanes of at least 4 members (excludes halogenated alkanes) is 3. The van der Waals surface area contributed by atoms with Gasteiger partial charge in [-0.3, -0.25) is 4.79 Å².